The number of anilines is 1. The van der Waals surface area contributed by atoms with Crippen molar-refractivity contribution < 1.29 is 4.39 Å². The summed E-state index contributed by atoms with van der Waals surface area (Å²) in [6.07, 6.45) is 0.775. The molecule has 0 spiro atoms. The summed E-state index contributed by atoms with van der Waals surface area (Å²) in [5.74, 6) is 0.563. The maximum absolute atomic E-state index is 13.5. The molecule has 124 valence electrons. The van der Waals surface area contributed by atoms with Crippen LogP contribution in [0.2, 0.25) is 0 Å². The fraction of sp³-hybridized carbons (Fsp3) is 0.235. The van der Waals surface area contributed by atoms with Crippen LogP contribution in [0.1, 0.15) is 23.6 Å². The third-order valence-electron chi connectivity index (χ3n) is 3.77. The predicted octanol–water partition coefficient (Wildman–Crippen LogP) is 4.32. The van der Waals surface area contributed by atoms with Gasteiger partial charge >= 0.3 is 0 Å². The molecule has 3 rings (SSSR count). The van der Waals surface area contributed by atoms with Gasteiger partial charge in [0.2, 0.25) is 5.96 Å². The van der Waals surface area contributed by atoms with E-state index in [1.54, 1.807) is 17.8 Å². The van der Waals surface area contributed by atoms with E-state index in [2.05, 4.69) is 15.5 Å². The van der Waals surface area contributed by atoms with Crippen molar-refractivity contribution in [2.24, 2.45) is 16.0 Å². The van der Waals surface area contributed by atoms with Crippen molar-refractivity contribution in [3.05, 3.63) is 59.4 Å². The van der Waals surface area contributed by atoms with Gasteiger partial charge in [-0.25, -0.2) is 4.39 Å². The normalized spacial score (nSPS) is 16.8. The van der Waals surface area contributed by atoms with Crippen LogP contribution in [0.5, 0.6) is 0 Å². The molecule has 24 heavy (non-hydrogen) atoms. The second-order valence-corrected chi connectivity index (χ2v) is 6.52. The number of fused-ring (bicyclic) bond motifs is 1. The van der Waals surface area contributed by atoms with Crippen molar-refractivity contribution in [3.63, 3.8) is 0 Å². The van der Waals surface area contributed by atoms with Crippen molar-refractivity contribution >= 4 is 23.4 Å². The highest BCUT2D eigenvalue weighted by atomic mass is 32.2. The van der Waals surface area contributed by atoms with Crippen LogP contribution in [0.4, 0.5) is 10.1 Å². The van der Waals surface area contributed by atoms with Gasteiger partial charge in [0.25, 0.3) is 0 Å². The SMILES string of the molecule is N=C(N=NC1CCSc2ccc(F)cc21)Nc1ccccc1CN. The molecule has 1 atom stereocenters. The molecule has 0 saturated carbocycles. The minimum Gasteiger partial charge on any atom is -0.326 e. The molecule has 1 unspecified atom stereocenters. The smallest absolute Gasteiger partial charge is 0.239 e. The number of hydrogen-bond acceptors (Lipinski definition) is 4. The van der Waals surface area contributed by atoms with Crippen LogP contribution in [0.15, 0.2) is 57.6 Å². The van der Waals surface area contributed by atoms with E-state index in [1.165, 1.54) is 12.1 Å². The number of thioether (sulfide) groups is 1. The van der Waals surface area contributed by atoms with Crippen LogP contribution in [-0.4, -0.2) is 11.7 Å². The monoisotopic (exact) mass is 343 g/mol. The van der Waals surface area contributed by atoms with Gasteiger partial charge < -0.3 is 11.1 Å². The average Bonchev–Trinajstić information content (AvgIpc) is 2.60. The summed E-state index contributed by atoms with van der Waals surface area (Å²) in [6, 6.07) is 12.0. The van der Waals surface area contributed by atoms with E-state index in [0.717, 1.165) is 33.9 Å². The molecule has 2 aromatic carbocycles. The Balaban J connectivity index is 1.72. The van der Waals surface area contributed by atoms with Gasteiger partial charge in [-0.3, -0.25) is 5.41 Å². The average molecular weight is 343 g/mol. The van der Waals surface area contributed by atoms with Gasteiger partial charge in [-0.2, -0.15) is 5.11 Å². The van der Waals surface area contributed by atoms with Crippen LogP contribution in [0.25, 0.3) is 0 Å². The first-order valence-corrected chi connectivity index (χ1v) is 8.62. The lowest BCUT2D eigenvalue weighted by molar-refractivity contribution is 0.603. The molecule has 0 aromatic heterocycles. The summed E-state index contributed by atoms with van der Waals surface area (Å²) in [6.45, 7) is 0.375. The molecule has 0 bridgehead atoms. The number of nitrogens with two attached hydrogens (primary N) is 1. The lowest BCUT2D eigenvalue weighted by Crippen LogP contribution is -2.11. The fourth-order valence-corrected chi connectivity index (χ4v) is 3.65. The van der Waals surface area contributed by atoms with E-state index in [0.29, 0.717) is 6.54 Å². The molecule has 4 N–H and O–H groups in total. The molecule has 1 aliphatic heterocycles. The summed E-state index contributed by atoms with van der Waals surface area (Å²) in [5, 5.41) is 19.1. The molecule has 0 saturated heterocycles. The minimum absolute atomic E-state index is 0.0629. The van der Waals surface area contributed by atoms with Crippen molar-refractivity contribution in [1.29, 1.82) is 5.41 Å². The Morgan fingerprint density at radius 2 is 2.17 bits per heavy atom. The topological polar surface area (TPSA) is 86.6 Å². The second kappa shape index (κ2) is 7.55. The number of nitrogens with zero attached hydrogens (tertiary/aromatic N) is 2. The van der Waals surface area contributed by atoms with Crippen LogP contribution in [0, 0.1) is 11.2 Å². The maximum Gasteiger partial charge on any atom is 0.239 e. The van der Waals surface area contributed by atoms with E-state index < -0.39 is 0 Å². The number of nitrogens with one attached hydrogen (secondary N) is 2. The summed E-state index contributed by atoms with van der Waals surface area (Å²) in [5.41, 5.74) is 8.17. The number of hydrogen-bond donors (Lipinski definition) is 3. The third kappa shape index (κ3) is 3.80. The fourth-order valence-electron chi connectivity index (χ4n) is 2.57. The molecular weight excluding hydrogens is 325 g/mol. The second-order valence-electron chi connectivity index (χ2n) is 5.39. The first kappa shape index (κ1) is 16.6. The minimum atomic E-state index is -0.276. The van der Waals surface area contributed by atoms with E-state index in [4.69, 9.17) is 11.1 Å². The van der Waals surface area contributed by atoms with Gasteiger partial charge in [0.1, 0.15) is 5.82 Å². The zero-order valence-electron chi connectivity index (χ0n) is 13.0. The van der Waals surface area contributed by atoms with Gasteiger partial charge in [-0.1, -0.05) is 18.2 Å². The molecule has 1 aliphatic rings. The number of azo groups is 1. The molecule has 7 heteroatoms. The van der Waals surface area contributed by atoms with Crippen LogP contribution in [0.3, 0.4) is 0 Å². The number of guanidine groups is 1. The lowest BCUT2D eigenvalue weighted by atomic mass is 10.0. The van der Waals surface area contributed by atoms with E-state index in [9.17, 15) is 4.39 Å². The number of para-hydroxylation sites is 1. The molecule has 1 heterocycles. The predicted molar refractivity (Wildman–Crippen MR) is 95.0 cm³/mol. The zero-order chi connectivity index (χ0) is 16.9. The van der Waals surface area contributed by atoms with Gasteiger partial charge in [0.15, 0.2) is 0 Å². The standard InChI is InChI=1S/C17H18FN5S/c18-12-5-6-16-13(9-12)15(7-8-24-16)22-23-17(20)21-14-4-2-1-3-11(14)10-19/h1-6,9,15H,7-8,10,19H2,(H2,20,21). The number of halogens is 1. The molecular formula is C17H18FN5S. The third-order valence-corrected chi connectivity index (χ3v) is 4.89. The first-order valence-electron chi connectivity index (χ1n) is 7.64. The molecule has 0 aliphatic carbocycles. The summed E-state index contributed by atoms with van der Waals surface area (Å²) >= 11 is 1.69. The van der Waals surface area contributed by atoms with Crippen molar-refractivity contribution in [3.8, 4) is 0 Å². The Labute approximate surface area is 144 Å². The number of benzene rings is 2. The van der Waals surface area contributed by atoms with E-state index in [1.807, 2.05) is 24.3 Å². The first-order chi connectivity index (χ1) is 11.7. The van der Waals surface area contributed by atoms with Gasteiger partial charge in [-0.05, 0) is 41.8 Å². The lowest BCUT2D eigenvalue weighted by Gasteiger charge is -2.20. The van der Waals surface area contributed by atoms with Gasteiger partial charge in [0.05, 0.1) is 6.04 Å². The van der Waals surface area contributed by atoms with Crippen molar-refractivity contribution in [2.75, 3.05) is 11.1 Å². The summed E-state index contributed by atoms with van der Waals surface area (Å²) in [4.78, 5) is 1.03. The molecule has 0 fully saturated rings. The largest absolute Gasteiger partial charge is 0.326 e. The molecule has 0 radical (unpaired) electrons. The summed E-state index contributed by atoms with van der Waals surface area (Å²) in [7, 11) is 0. The Morgan fingerprint density at radius 3 is 3.00 bits per heavy atom. The zero-order valence-corrected chi connectivity index (χ0v) is 13.8. The maximum atomic E-state index is 13.5. The highest BCUT2D eigenvalue weighted by Crippen LogP contribution is 2.38. The quantitative estimate of drug-likeness (QED) is 0.441. The Kier molecular flexibility index (Phi) is 5.22. The van der Waals surface area contributed by atoms with Crippen LogP contribution < -0.4 is 11.1 Å². The van der Waals surface area contributed by atoms with Crippen LogP contribution >= 0.6 is 11.8 Å². The molecule has 0 amide bonds. The van der Waals surface area contributed by atoms with Crippen LogP contribution in [-0.2, 0) is 6.54 Å². The highest BCUT2D eigenvalue weighted by Gasteiger charge is 2.21. The van der Waals surface area contributed by atoms with Gasteiger partial charge in [-0.15, -0.1) is 16.9 Å². The molecule has 5 nitrogen and oxygen atoms in total. The molecule has 2 aromatic rings. The van der Waals surface area contributed by atoms with Gasteiger partial charge in [0, 0.05) is 22.9 Å². The Hall–Kier alpha value is -2.25. The Bertz CT molecular complexity index is 777. The highest BCUT2D eigenvalue weighted by molar-refractivity contribution is 7.99. The summed E-state index contributed by atoms with van der Waals surface area (Å²) < 4.78 is 13.5. The van der Waals surface area contributed by atoms with E-state index in [-0.39, 0.29) is 17.8 Å². The Morgan fingerprint density at radius 1 is 1.33 bits per heavy atom. The van der Waals surface area contributed by atoms with E-state index >= 15 is 0 Å². The number of rotatable bonds is 3. The van der Waals surface area contributed by atoms with Crippen molar-refractivity contribution in [1.82, 2.24) is 0 Å². The van der Waals surface area contributed by atoms with Crippen molar-refractivity contribution in [2.45, 2.75) is 23.9 Å².